The lowest BCUT2D eigenvalue weighted by atomic mass is 9.94. The zero-order valence-corrected chi connectivity index (χ0v) is 10.7. The van der Waals surface area contributed by atoms with Crippen LogP contribution in [0.1, 0.15) is 25.8 Å². The van der Waals surface area contributed by atoms with Crippen LogP contribution in [0.25, 0.3) is 0 Å². The number of esters is 1. The summed E-state index contributed by atoms with van der Waals surface area (Å²) in [6, 6.07) is 9.08. The molecule has 0 saturated heterocycles. The number of carbonyl (C=O) groups is 1. The number of hydrogen-bond acceptors (Lipinski definition) is 3. The molecule has 1 unspecified atom stereocenters. The molecule has 1 atom stereocenters. The van der Waals surface area contributed by atoms with E-state index in [4.69, 9.17) is 4.74 Å². The lowest BCUT2D eigenvalue weighted by Crippen LogP contribution is -2.43. The Balaban J connectivity index is 2.58. The molecule has 18 heavy (non-hydrogen) atoms. The fourth-order valence-corrected chi connectivity index (χ4v) is 1.73. The fraction of sp³-hybridized carbons (Fsp3) is 0.500. The summed E-state index contributed by atoms with van der Waals surface area (Å²) >= 11 is 0. The first-order chi connectivity index (χ1) is 8.48. The molecule has 0 heterocycles. The molecule has 0 amide bonds. The molecule has 0 radical (unpaired) electrons. The Morgan fingerprint density at radius 1 is 1.39 bits per heavy atom. The second kappa shape index (κ2) is 6.50. The number of alkyl halides is 1. The molecule has 0 aliphatic carbocycles. The van der Waals surface area contributed by atoms with E-state index in [-0.39, 0.29) is 18.9 Å². The molecule has 100 valence electrons. The topological polar surface area (TPSA) is 46.5 Å². The van der Waals surface area contributed by atoms with Crippen molar-refractivity contribution in [3.63, 3.8) is 0 Å². The number of hydrogen-bond donors (Lipinski definition) is 1. The summed E-state index contributed by atoms with van der Waals surface area (Å²) in [7, 11) is 0. The molecule has 0 spiro atoms. The van der Waals surface area contributed by atoms with Crippen molar-refractivity contribution in [3.8, 4) is 0 Å². The van der Waals surface area contributed by atoms with E-state index < -0.39 is 18.2 Å². The van der Waals surface area contributed by atoms with Crippen molar-refractivity contribution in [2.45, 2.75) is 32.5 Å². The van der Waals surface area contributed by atoms with Gasteiger partial charge < -0.3 is 9.84 Å². The van der Waals surface area contributed by atoms with E-state index in [1.165, 1.54) is 0 Å². The van der Waals surface area contributed by atoms with Gasteiger partial charge in [-0.3, -0.25) is 0 Å². The predicted molar refractivity (Wildman–Crippen MR) is 66.6 cm³/mol. The van der Waals surface area contributed by atoms with Crippen LogP contribution in [0.4, 0.5) is 4.39 Å². The average molecular weight is 254 g/mol. The highest BCUT2D eigenvalue weighted by molar-refractivity contribution is 5.79. The number of carbonyl (C=O) groups excluding carboxylic acids is 1. The Labute approximate surface area is 107 Å². The molecule has 3 nitrogen and oxygen atoms in total. The fourth-order valence-electron chi connectivity index (χ4n) is 1.73. The molecule has 1 rings (SSSR count). The minimum atomic E-state index is -2.02. The van der Waals surface area contributed by atoms with Crippen LogP contribution in [0.2, 0.25) is 0 Å². The highest BCUT2D eigenvalue weighted by Crippen LogP contribution is 2.20. The summed E-state index contributed by atoms with van der Waals surface area (Å²) in [6.45, 7) is 2.54. The van der Waals surface area contributed by atoms with Crippen molar-refractivity contribution in [2.24, 2.45) is 5.92 Å². The van der Waals surface area contributed by atoms with Crippen molar-refractivity contribution in [1.29, 1.82) is 0 Å². The minimum absolute atomic E-state index is 0.00928. The second-order valence-electron chi connectivity index (χ2n) is 4.82. The molecule has 0 aliphatic heterocycles. The van der Waals surface area contributed by atoms with Gasteiger partial charge in [0.05, 0.1) is 0 Å². The Morgan fingerprint density at radius 3 is 2.50 bits per heavy atom. The van der Waals surface area contributed by atoms with E-state index in [0.29, 0.717) is 0 Å². The Bertz CT molecular complexity index is 378. The van der Waals surface area contributed by atoms with E-state index in [2.05, 4.69) is 0 Å². The van der Waals surface area contributed by atoms with Crippen molar-refractivity contribution < 1.29 is 19.0 Å². The number of aliphatic hydroxyl groups is 1. The summed E-state index contributed by atoms with van der Waals surface area (Å²) in [6.07, 6.45) is 0.0527. The maximum Gasteiger partial charge on any atom is 0.341 e. The van der Waals surface area contributed by atoms with Crippen LogP contribution in [0.5, 0.6) is 0 Å². The maximum absolute atomic E-state index is 12.8. The number of rotatable bonds is 6. The van der Waals surface area contributed by atoms with Crippen molar-refractivity contribution >= 4 is 5.97 Å². The van der Waals surface area contributed by atoms with Gasteiger partial charge in [-0.25, -0.2) is 9.18 Å². The van der Waals surface area contributed by atoms with Crippen LogP contribution >= 0.6 is 0 Å². The SMILES string of the molecule is CC(C)CC(O)(CF)C(=O)OCc1ccccc1. The Kier molecular flexibility index (Phi) is 5.28. The molecule has 0 aromatic heterocycles. The third-order valence-electron chi connectivity index (χ3n) is 2.56. The quantitative estimate of drug-likeness (QED) is 0.793. The Morgan fingerprint density at radius 2 is 2.00 bits per heavy atom. The van der Waals surface area contributed by atoms with Crippen LogP contribution in [0.15, 0.2) is 30.3 Å². The molecule has 1 aromatic carbocycles. The van der Waals surface area contributed by atoms with Crippen LogP contribution in [-0.4, -0.2) is 23.4 Å². The lowest BCUT2D eigenvalue weighted by molar-refractivity contribution is -0.170. The molecular formula is C14H19FO3. The van der Waals surface area contributed by atoms with Gasteiger partial charge in [-0.05, 0) is 17.9 Å². The van der Waals surface area contributed by atoms with Gasteiger partial charge in [-0.1, -0.05) is 44.2 Å². The van der Waals surface area contributed by atoms with Gasteiger partial charge in [-0.2, -0.15) is 0 Å². The van der Waals surface area contributed by atoms with Gasteiger partial charge in [0.25, 0.3) is 0 Å². The van der Waals surface area contributed by atoms with Crippen LogP contribution < -0.4 is 0 Å². The number of halogens is 1. The van der Waals surface area contributed by atoms with E-state index >= 15 is 0 Å². The first-order valence-electron chi connectivity index (χ1n) is 5.97. The van der Waals surface area contributed by atoms with E-state index in [9.17, 15) is 14.3 Å². The average Bonchev–Trinajstić information content (AvgIpc) is 2.36. The summed E-state index contributed by atoms with van der Waals surface area (Å²) in [5.74, 6) is -0.891. The molecule has 0 fully saturated rings. The number of ether oxygens (including phenoxy) is 1. The molecule has 0 saturated carbocycles. The first-order valence-corrected chi connectivity index (χ1v) is 5.97. The van der Waals surface area contributed by atoms with Gasteiger partial charge in [0.15, 0.2) is 5.60 Å². The Hall–Kier alpha value is -1.42. The molecule has 1 aromatic rings. The van der Waals surface area contributed by atoms with Crippen molar-refractivity contribution in [3.05, 3.63) is 35.9 Å². The third-order valence-corrected chi connectivity index (χ3v) is 2.56. The summed E-state index contributed by atoms with van der Waals surface area (Å²) in [4.78, 5) is 11.7. The maximum atomic E-state index is 12.8. The van der Waals surface area contributed by atoms with Gasteiger partial charge in [0.2, 0.25) is 0 Å². The van der Waals surface area contributed by atoms with Gasteiger partial charge in [0.1, 0.15) is 13.3 Å². The van der Waals surface area contributed by atoms with E-state index in [1.54, 1.807) is 12.1 Å². The smallest absolute Gasteiger partial charge is 0.341 e. The molecule has 0 aliphatic rings. The minimum Gasteiger partial charge on any atom is -0.459 e. The van der Waals surface area contributed by atoms with Gasteiger partial charge in [-0.15, -0.1) is 0 Å². The first kappa shape index (κ1) is 14.6. The van der Waals surface area contributed by atoms with E-state index in [0.717, 1.165) is 5.56 Å². The van der Waals surface area contributed by atoms with E-state index in [1.807, 2.05) is 32.0 Å². The summed E-state index contributed by atoms with van der Waals surface area (Å²) < 4.78 is 17.8. The lowest BCUT2D eigenvalue weighted by Gasteiger charge is -2.24. The van der Waals surface area contributed by atoms with Crippen molar-refractivity contribution in [2.75, 3.05) is 6.67 Å². The van der Waals surface area contributed by atoms with Crippen molar-refractivity contribution in [1.82, 2.24) is 0 Å². The largest absolute Gasteiger partial charge is 0.459 e. The molecule has 1 N–H and O–H groups in total. The summed E-state index contributed by atoms with van der Waals surface area (Å²) in [5.41, 5.74) is -1.22. The molecule has 4 heteroatoms. The zero-order valence-electron chi connectivity index (χ0n) is 10.7. The van der Waals surface area contributed by atoms with Crippen LogP contribution in [-0.2, 0) is 16.1 Å². The highest BCUT2D eigenvalue weighted by Gasteiger charge is 2.38. The molecule has 0 bridgehead atoms. The van der Waals surface area contributed by atoms with Crippen LogP contribution in [0.3, 0.4) is 0 Å². The normalized spacial score (nSPS) is 14.3. The monoisotopic (exact) mass is 254 g/mol. The highest BCUT2D eigenvalue weighted by atomic mass is 19.1. The predicted octanol–water partition coefficient (Wildman–Crippen LogP) is 2.48. The van der Waals surface area contributed by atoms with Gasteiger partial charge in [0, 0.05) is 0 Å². The standard InChI is InChI=1S/C14H19FO3/c1-11(2)8-14(17,10-15)13(16)18-9-12-6-4-3-5-7-12/h3-7,11,17H,8-10H2,1-2H3. The third kappa shape index (κ3) is 4.11. The summed E-state index contributed by atoms with van der Waals surface area (Å²) in [5, 5.41) is 9.89. The second-order valence-corrected chi connectivity index (χ2v) is 4.82. The van der Waals surface area contributed by atoms with Crippen LogP contribution in [0, 0.1) is 5.92 Å². The van der Waals surface area contributed by atoms with Gasteiger partial charge >= 0.3 is 5.97 Å². The number of benzene rings is 1. The molecular weight excluding hydrogens is 235 g/mol. The zero-order chi connectivity index (χ0) is 13.6.